The van der Waals surface area contributed by atoms with Crippen molar-refractivity contribution in [3.05, 3.63) is 23.9 Å². The minimum atomic E-state index is -4.40. The number of halogens is 3. The van der Waals surface area contributed by atoms with Crippen molar-refractivity contribution in [1.82, 2.24) is 10.3 Å². The molecular formula is C13H18F3N3O2. The monoisotopic (exact) mass is 305 g/mol. The topological polar surface area (TPSA) is 63.2 Å². The van der Waals surface area contributed by atoms with Crippen molar-refractivity contribution in [2.24, 2.45) is 0 Å². The number of carbonyl (C=O) groups excluding carboxylic acids is 1. The minimum Gasteiger partial charge on any atom is -0.444 e. The van der Waals surface area contributed by atoms with E-state index in [-0.39, 0.29) is 6.54 Å². The molecule has 0 aliphatic rings. The summed E-state index contributed by atoms with van der Waals surface area (Å²) < 4.78 is 42.0. The first-order chi connectivity index (χ1) is 9.58. The van der Waals surface area contributed by atoms with Crippen LogP contribution in [0.5, 0.6) is 0 Å². The number of hydrogen-bond donors (Lipinski definition) is 2. The molecule has 2 N–H and O–H groups in total. The van der Waals surface area contributed by atoms with Crippen LogP contribution in [0.25, 0.3) is 0 Å². The average Bonchev–Trinajstić information content (AvgIpc) is 2.32. The molecule has 0 spiro atoms. The maximum absolute atomic E-state index is 12.3. The Bertz CT molecular complexity index is 467. The van der Waals surface area contributed by atoms with Gasteiger partial charge >= 0.3 is 12.3 Å². The van der Waals surface area contributed by atoms with Gasteiger partial charge in [-0.1, -0.05) is 0 Å². The molecule has 0 aliphatic carbocycles. The van der Waals surface area contributed by atoms with Gasteiger partial charge in [-0.05, 0) is 32.9 Å². The van der Waals surface area contributed by atoms with Crippen molar-refractivity contribution < 1.29 is 22.7 Å². The van der Waals surface area contributed by atoms with Gasteiger partial charge in [-0.15, -0.1) is 0 Å². The number of alkyl halides is 3. The molecule has 0 saturated carbocycles. The molecule has 1 amide bonds. The van der Waals surface area contributed by atoms with Gasteiger partial charge in [0.15, 0.2) is 0 Å². The molecule has 1 aromatic rings. The molecule has 0 saturated heterocycles. The number of rotatable bonds is 4. The minimum absolute atomic E-state index is 0.262. The quantitative estimate of drug-likeness (QED) is 0.839. The van der Waals surface area contributed by atoms with Gasteiger partial charge < -0.3 is 15.4 Å². The van der Waals surface area contributed by atoms with E-state index in [1.807, 2.05) is 0 Å². The van der Waals surface area contributed by atoms with Gasteiger partial charge in [-0.3, -0.25) is 0 Å². The van der Waals surface area contributed by atoms with Gasteiger partial charge in [-0.2, -0.15) is 13.2 Å². The first-order valence-corrected chi connectivity index (χ1v) is 6.32. The maximum Gasteiger partial charge on any atom is 0.417 e. The predicted molar refractivity (Wildman–Crippen MR) is 72.0 cm³/mol. The number of anilines is 1. The number of aromatic nitrogens is 1. The van der Waals surface area contributed by atoms with E-state index in [4.69, 9.17) is 4.74 Å². The van der Waals surface area contributed by atoms with E-state index >= 15 is 0 Å². The van der Waals surface area contributed by atoms with Gasteiger partial charge in [0, 0.05) is 19.3 Å². The number of ether oxygens (including phenoxy) is 1. The summed E-state index contributed by atoms with van der Waals surface area (Å²) in [5, 5.41) is 5.31. The van der Waals surface area contributed by atoms with Gasteiger partial charge in [0.1, 0.15) is 11.4 Å². The van der Waals surface area contributed by atoms with Gasteiger partial charge in [-0.25, -0.2) is 9.78 Å². The summed E-state index contributed by atoms with van der Waals surface area (Å²) in [5.41, 5.74) is -1.38. The van der Waals surface area contributed by atoms with Crippen molar-refractivity contribution >= 4 is 11.9 Å². The second-order valence-electron chi connectivity index (χ2n) is 5.29. The van der Waals surface area contributed by atoms with Crippen molar-refractivity contribution in [1.29, 1.82) is 0 Å². The molecule has 0 radical (unpaired) electrons. The normalized spacial score (nSPS) is 11.9. The average molecular weight is 305 g/mol. The van der Waals surface area contributed by atoms with Gasteiger partial charge in [0.25, 0.3) is 0 Å². The number of alkyl carbamates (subject to hydrolysis) is 1. The van der Waals surface area contributed by atoms with Crippen LogP contribution in [0.1, 0.15) is 26.3 Å². The van der Waals surface area contributed by atoms with Crippen LogP contribution in [-0.2, 0) is 10.9 Å². The first kappa shape index (κ1) is 17.1. The summed E-state index contributed by atoms with van der Waals surface area (Å²) in [7, 11) is 0. The molecule has 1 heterocycles. The predicted octanol–water partition coefficient (Wildman–Crippen LogP) is 3.04. The van der Waals surface area contributed by atoms with Crippen LogP contribution >= 0.6 is 0 Å². The zero-order valence-corrected chi connectivity index (χ0v) is 12.0. The molecule has 1 rings (SSSR count). The maximum atomic E-state index is 12.3. The summed E-state index contributed by atoms with van der Waals surface area (Å²) in [6, 6.07) is 2.17. The molecule has 5 nitrogen and oxygen atoms in total. The molecule has 8 heteroatoms. The van der Waals surface area contributed by atoms with Crippen molar-refractivity contribution in [3.63, 3.8) is 0 Å². The van der Waals surface area contributed by atoms with Crippen LogP contribution < -0.4 is 10.6 Å². The summed E-state index contributed by atoms with van der Waals surface area (Å²) >= 11 is 0. The number of carbonyl (C=O) groups is 1. The first-order valence-electron chi connectivity index (χ1n) is 6.32. The largest absolute Gasteiger partial charge is 0.444 e. The van der Waals surface area contributed by atoms with Crippen LogP contribution in [0.4, 0.5) is 23.8 Å². The molecule has 0 bridgehead atoms. The third-order valence-electron chi connectivity index (χ3n) is 2.19. The number of nitrogens with zero attached hydrogens (tertiary/aromatic N) is 1. The Kier molecular flexibility index (Phi) is 5.40. The number of hydrogen-bond acceptors (Lipinski definition) is 4. The molecule has 0 unspecified atom stereocenters. The zero-order chi connectivity index (χ0) is 16.1. The van der Waals surface area contributed by atoms with E-state index in [0.717, 1.165) is 12.3 Å². The van der Waals surface area contributed by atoms with Crippen LogP contribution in [0.15, 0.2) is 18.3 Å². The standard InChI is InChI=1S/C13H18F3N3O2/c1-12(2,3)21-11(20)18-7-6-17-10-5-4-9(8-19-10)13(14,15)16/h4-5,8H,6-7H2,1-3H3,(H,17,19)(H,18,20). The van der Waals surface area contributed by atoms with E-state index < -0.39 is 23.4 Å². The number of amides is 1. The highest BCUT2D eigenvalue weighted by Crippen LogP contribution is 2.28. The second kappa shape index (κ2) is 6.64. The lowest BCUT2D eigenvalue weighted by atomic mass is 10.2. The van der Waals surface area contributed by atoms with Crippen LogP contribution in [0.2, 0.25) is 0 Å². The third kappa shape index (κ3) is 6.82. The molecule has 1 aromatic heterocycles. The van der Waals surface area contributed by atoms with Gasteiger partial charge in [0.2, 0.25) is 0 Å². The fourth-order valence-corrected chi connectivity index (χ4v) is 1.34. The molecule has 118 valence electrons. The zero-order valence-electron chi connectivity index (χ0n) is 12.0. The van der Waals surface area contributed by atoms with Crippen molar-refractivity contribution in [2.45, 2.75) is 32.5 Å². The third-order valence-corrected chi connectivity index (χ3v) is 2.19. The van der Waals surface area contributed by atoms with E-state index in [9.17, 15) is 18.0 Å². The SMILES string of the molecule is CC(C)(C)OC(=O)NCCNc1ccc(C(F)(F)F)cn1. The van der Waals surface area contributed by atoms with Crippen LogP contribution in [0.3, 0.4) is 0 Å². The Balaban J connectivity index is 2.32. The summed E-state index contributed by atoms with van der Waals surface area (Å²) in [5.74, 6) is 0.300. The number of nitrogens with one attached hydrogen (secondary N) is 2. The molecule has 0 aromatic carbocycles. The Labute approximate surface area is 120 Å². The highest BCUT2D eigenvalue weighted by atomic mass is 19.4. The Morgan fingerprint density at radius 1 is 1.24 bits per heavy atom. The Morgan fingerprint density at radius 2 is 1.90 bits per heavy atom. The fourth-order valence-electron chi connectivity index (χ4n) is 1.34. The second-order valence-corrected chi connectivity index (χ2v) is 5.29. The smallest absolute Gasteiger partial charge is 0.417 e. The van der Waals surface area contributed by atoms with Gasteiger partial charge in [0.05, 0.1) is 5.56 Å². The van der Waals surface area contributed by atoms with Crippen LogP contribution in [-0.4, -0.2) is 29.8 Å². The molecule has 21 heavy (non-hydrogen) atoms. The Morgan fingerprint density at radius 3 is 2.38 bits per heavy atom. The van der Waals surface area contributed by atoms with Crippen molar-refractivity contribution in [2.75, 3.05) is 18.4 Å². The fraction of sp³-hybridized carbons (Fsp3) is 0.538. The summed E-state index contributed by atoms with van der Waals surface area (Å²) in [4.78, 5) is 15.0. The Hall–Kier alpha value is -1.99. The highest BCUT2D eigenvalue weighted by molar-refractivity contribution is 5.67. The van der Waals surface area contributed by atoms with E-state index in [0.29, 0.717) is 12.4 Å². The highest BCUT2D eigenvalue weighted by Gasteiger charge is 2.30. The lowest BCUT2D eigenvalue weighted by Gasteiger charge is -2.19. The van der Waals surface area contributed by atoms with E-state index in [2.05, 4.69) is 15.6 Å². The lowest BCUT2D eigenvalue weighted by Crippen LogP contribution is -2.35. The van der Waals surface area contributed by atoms with Crippen molar-refractivity contribution in [3.8, 4) is 0 Å². The molecule has 0 fully saturated rings. The number of pyridine rings is 1. The lowest BCUT2D eigenvalue weighted by molar-refractivity contribution is -0.137. The molecule has 0 atom stereocenters. The summed E-state index contributed by atoms with van der Waals surface area (Å²) in [6.07, 6.45) is -4.20. The molecule has 0 aliphatic heterocycles. The molecular weight excluding hydrogens is 287 g/mol. The van der Waals surface area contributed by atoms with E-state index in [1.54, 1.807) is 20.8 Å². The summed E-state index contributed by atoms with van der Waals surface area (Å²) in [6.45, 7) is 5.82. The van der Waals surface area contributed by atoms with E-state index in [1.165, 1.54) is 6.07 Å². The van der Waals surface area contributed by atoms with Crippen LogP contribution in [0, 0.1) is 0 Å².